The number of aryl methyl sites for hydroxylation is 1. The van der Waals surface area contributed by atoms with Crippen molar-refractivity contribution in [2.45, 2.75) is 13.3 Å². The van der Waals surface area contributed by atoms with E-state index < -0.39 is 0 Å². The average molecular weight is 385 g/mol. The van der Waals surface area contributed by atoms with Crippen LogP contribution in [-0.2, 0) is 0 Å². The van der Waals surface area contributed by atoms with Gasteiger partial charge in [-0.05, 0) is 43.3 Å². The number of anilines is 1. The van der Waals surface area contributed by atoms with Gasteiger partial charge in [-0.1, -0.05) is 11.6 Å². The molecular formula is C19H17ClN4O3. The predicted octanol–water partition coefficient (Wildman–Crippen LogP) is 3.85. The second-order valence-electron chi connectivity index (χ2n) is 6.11. The highest BCUT2D eigenvalue weighted by molar-refractivity contribution is 6.32. The van der Waals surface area contributed by atoms with E-state index in [0.29, 0.717) is 46.8 Å². The molecule has 1 aliphatic rings. The molecule has 0 fully saturated rings. The van der Waals surface area contributed by atoms with Crippen LogP contribution in [0.15, 0.2) is 36.4 Å². The van der Waals surface area contributed by atoms with Crippen LogP contribution in [0.5, 0.6) is 11.5 Å². The summed E-state index contributed by atoms with van der Waals surface area (Å²) in [5.74, 6) is 2.04. The number of nitrogens with zero attached hydrogens (tertiary/aromatic N) is 2. The molecule has 1 amide bonds. The molecule has 0 saturated carbocycles. The summed E-state index contributed by atoms with van der Waals surface area (Å²) in [7, 11) is 0. The number of benzene rings is 2. The third-order valence-electron chi connectivity index (χ3n) is 4.06. The molecule has 27 heavy (non-hydrogen) atoms. The van der Waals surface area contributed by atoms with Gasteiger partial charge in [0.15, 0.2) is 17.3 Å². The molecule has 0 spiro atoms. The lowest BCUT2D eigenvalue weighted by atomic mass is 10.1. The quantitative estimate of drug-likeness (QED) is 0.716. The van der Waals surface area contributed by atoms with Gasteiger partial charge < -0.3 is 14.8 Å². The first-order chi connectivity index (χ1) is 13.1. The van der Waals surface area contributed by atoms with Gasteiger partial charge in [-0.3, -0.25) is 9.89 Å². The number of nitrogens with one attached hydrogen (secondary N) is 2. The van der Waals surface area contributed by atoms with Gasteiger partial charge in [-0.2, -0.15) is 5.10 Å². The van der Waals surface area contributed by atoms with Crippen LogP contribution >= 0.6 is 11.6 Å². The molecule has 8 heteroatoms. The molecule has 3 aromatic rings. The zero-order valence-electron chi connectivity index (χ0n) is 14.6. The van der Waals surface area contributed by atoms with Gasteiger partial charge in [0.2, 0.25) is 0 Å². The summed E-state index contributed by atoms with van der Waals surface area (Å²) in [6.07, 6.45) is 0.767. The minimum Gasteiger partial charge on any atom is -0.489 e. The second-order valence-corrected chi connectivity index (χ2v) is 6.52. The number of carbonyl (C=O) groups is 1. The number of halogens is 1. The Balaban J connectivity index is 1.52. The van der Waals surface area contributed by atoms with Gasteiger partial charge in [0, 0.05) is 23.2 Å². The van der Waals surface area contributed by atoms with Crippen molar-refractivity contribution in [3.05, 3.63) is 52.8 Å². The van der Waals surface area contributed by atoms with Crippen LogP contribution < -0.4 is 14.8 Å². The fourth-order valence-electron chi connectivity index (χ4n) is 2.74. The van der Waals surface area contributed by atoms with Crippen LogP contribution in [0.25, 0.3) is 11.4 Å². The number of rotatable bonds is 3. The summed E-state index contributed by atoms with van der Waals surface area (Å²) in [6, 6.07) is 10.5. The monoisotopic (exact) mass is 384 g/mol. The van der Waals surface area contributed by atoms with Crippen LogP contribution in [0.1, 0.15) is 22.6 Å². The molecule has 4 rings (SSSR count). The Morgan fingerprint density at radius 1 is 1.19 bits per heavy atom. The van der Waals surface area contributed by atoms with Crippen LogP contribution in [0.2, 0.25) is 5.02 Å². The summed E-state index contributed by atoms with van der Waals surface area (Å²) in [5.41, 5.74) is 1.91. The summed E-state index contributed by atoms with van der Waals surface area (Å²) in [5, 5.41) is 10.1. The molecule has 2 heterocycles. The minimum atomic E-state index is -0.283. The minimum absolute atomic E-state index is 0.283. The van der Waals surface area contributed by atoms with E-state index in [-0.39, 0.29) is 5.91 Å². The van der Waals surface area contributed by atoms with Gasteiger partial charge in [0.05, 0.1) is 18.2 Å². The normalized spacial score (nSPS) is 13.1. The average Bonchev–Trinajstić information content (AvgIpc) is 2.95. The lowest BCUT2D eigenvalue weighted by molar-refractivity contribution is 0.102. The summed E-state index contributed by atoms with van der Waals surface area (Å²) >= 11 is 6.26. The molecule has 1 aliphatic heterocycles. The van der Waals surface area contributed by atoms with E-state index >= 15 is 0 Å². The highest BCUT2D eigenvalue weighted by atomic mass is 35.5. The highest BCUT2D eigenvalue weighted by Gasteiger charge is 2.18. The highest BCUT2D eigenvalue weighted by Crippen LogP contribution is 2.38. The molecule has 2 N–H and O–H groups in total. The molecule has 0 atom stereocenters. The number of hydrogen-bond acceptors (Lipinski definition) is 5. The van der Waals surface area contributed by atoms with Crippen LogP contribution in [0, 0.1) is 6.92 Å². The van der Waals surface area contributed by atoms with Crippen molar-refractivity contribution in [2.75, 3.05) is 18.5 Å². The molecule has 0 saturated heterocycles. The van der Waals surface area contributed by atoms with Gasteiger partial charge in [-0.25, -0.2) is 4.98 Å². The fourth-order valence-corrected chi connectivity index (χ4v) is 3.00. The van der Waals surface area contributed by atoms with Crippen molar-refractivity contribution < 1.29 is 14.3 Å². The number of aromatic nitrogens is 3. The third kappa shape index (κ3) is 3.73. The Bertz CT molecular complexity index is 985. The Morgan fingerprint density at radius 2 is 1.96 bits per heavy atom. The Hall–Kier alpha value is -3.06. The van der Waals surface area contributed by atoms with E-state index in [9.17, 15) is 4.79 Å². The van der Waals surface area contributed by atoms with Crippen molar-refractivity contribution in [2.24, 2.45) is 0 Å². The number of ether oxygens (including phenoxy) is 2. The molecule has 0 bridgehead atoms. The van der Waals surface area contributed by atoms with E-state index in [4.69, 9.17) is 21.1 Å². The molecule has 0 aliphatic carbocycles. The van der Waals surface area contributed by atoms with Crippen molar-refractivity contribution in [3.63, 3.8) is 0 Å². The van der Waals surface area contributed by atoms with Crippen molar-refractivity contribution >= 4 is 23.2 Å². The van der Waals surface area contributed by atoms with Crippen molar-refractivity contribution in [3.8, 4) is 22.9 Å². The van der Waals surface area contributed by atoms with Gasteiger partial charge in [0.25, 0.3) is 5.91 Å². The molecular weight excluding hydrogens is 368 g/mol. The predicted molar refractivity (Wildman–Crippen MR) is 102 cm³/mol. The molecule has 1 aromatic heterocycles. The largest absolute Gasteiger partial charge is 0.489 e. The molecule has 138 valence electrons. The topological polar surface area (TPSA) is 89.1 Å². The summed E-state index contributed by atoms with van der Waals surface area (Å²) in [6.45, 7) is 2.90. The molecule has 2 aromatic carbocycles. The second kappa shape index (κ2) is 7.28. The van der Waals surface area contributed by atoms with E-state index in [1.807, 2.05) is 19.1 Å². The van der Waals surface area contributed by atoms with Crippen molar-refractivity contribution in [1.29, 1.82) is 0 Å². The molecule has 0 radical (unpaired) electrons. The number of carbonyl (C=O) groups excluding carboxylic acids is 1. The number of aromatic amines is 1. The van der Waals surface area contributed by atoms with Gasteiger partial charge >= 0.3 is 0 Å². The van der Waals surface area contributed by atoms with Gasteiger partial charge in [0.1, 0.15) is 5.82 Å². The first kappa shape index (κ1) is 17.4. The summed E-state index contributed by atoms with van der Waals surface area (Å²) in [4.78, 5) is 16.9. The maximum absolute atomic E-state index is 12.6. The Kier molecular flexibility index (Phi) is 4.68. The van der Waals surface area contributed by atoms with Gasteiger partial charge in [-0.15, -0.1) is 0 Å². The van der Waals surface area contributed by atoms with E-state index in [0.717, 1.165) is 17.8 Å². The fraction of sp³-hybridized carbons (Fsp3) is 0.211. The van der Waals surface area contributed by atoms with E-state index in [2.05, 4.69) is 20.5 Å². The van der Waals surface area contributed by atoms with E-state index in [1.165, 1.54) is 0 Å². The number of fused-ring (bicyclic) bond motifs is 1. The zero-order chi connectivity index (χ0) is 18.8. The van der Waals surface area contributed by atoms with E-state index in [1.54, 1.807) is 24.3 Å². The molecule has 0 unspecified atom stereocenters. The van der Waals surface area contributed by atoms with Crippen LogP contribution in [-0.4, -0.2) is 34.3 Å². The smallest absolute Gasteiger partial charge is 0.255 e. The lowest BCUT2D eigenvalue weighted by Crippen LogP contribution is -2.12. The first-order valence-electron chi connectivity index (χ1n) is 8.50. The lowest BCUT2D eigenvalue weighted by Gasteiger charge is -2.12. The Morgan fingerprint density at radius 3 is 2.70 bits per heavy atom. The maximum atomic E-state index is 12.6. The Labute approximate surface area is 160 Å². The zero-order valence-corrected chi connectivity index (χ0v) is 15.3. The van der Waals surface area contributed by atoms with Crippen LogP contribution in [0.4, 0.5) is 5.69 Å². The SMILES string of the molecule is Cc1nc(-c2ccc(NC(=O)c3cc(Cl)c4c(c3)OCCCO4)cc2)n[nH]1. The number of amides is 1. The van der Waals surface area contributed by atoms with Crippen LogP contribution in [0.3, 0.4) is 0 Å². The number of hydrogen-bond donors (Lipinski definition) is 2. The third-order valence-corrected chi connectivity index (χ3v) is 4.34. The molecule has 7 nitrogen and oxygen atoms in total. The number of H-pyrrole nitrogens is 1. The first-order valence-corrected chi connectivity index (χ1v) is 8.88. The summed E-state index contributed by atoms with van der Waals surface area (Å²) < 4.78 is 11.2. The maximum Gasteiger partial charge on any atom is 0.255 e. The standard InChI is InChI=1S/C19H17ClN4O3/c1-11-21-18(24-23-11)12-3-5-14(6-4-12)22-19(25)13-9-15(20)17-16(10-13)26-7-2-8-27-17/h3-6,9-10H,2,7-8H2,1H3,(H,22,25)(H,21,23,24). The van der Waals surface area contributed by atoms with Crippen molar-refractivity contribution in [1.82, 2.24) is 15.2 Å².